The van der Waals surface area contributed by atoms with Gasteiger partial charge in [0, 0.05) is 104 Å². The summed E-state index contributed by atoms with van der Waals surface area (Å²) in [5.74, 6) is 0.827. The third-order valence-electron chi connectivity index (χ3n) is 18.6. The van der Waals surface area contributed by atoms with Crippen LogP contribution in [0.2, 0.25) is 0 Å². The number of aliphatic hydroxyl groups is 3. The highest BCUT2D eigenvalue weighted by Gasteiger charge is 2.45. The van der Waals surface area contributed by atoms with Crippen molar-refractivity contribution in [1.82, 2.24) is 29.4 Å². The Morgan fingerprint density at radius 3 is 1.26 bits per heavy atom. The lowest BCUT2D eigenvalue weighted by atomic mass is 9.92. The first kappa shape index (κ1) is 75.0. The van der Waals surface area contributed by atoms with Gasteiger partial charge in [0.25, 0.3) is 0 Å². The predicted molar refractivity (Wildman–Crippen MR) is 326 cm³/mol. The van der Waals surface area contributed by atoms with Crippen LogP contribution in [0, 0.1) is 11.8 Å². The highest BCUT2D eigenvalue weighted by atomic mass is 16.6. The lowest BCUT2D eigenvalue weighted by molar-refractivity contribution is -0.915. The molecule has 6 heterocycles. The number of ether oxygens (including phenoxy) is 1. The van der Waals surface area contributed by atoms with Crippen LogP contribution in [0.1, 0.15) is 178 Å². The number of nitrogens with zero attached hydrogens (tertiary/aromatic N) is 8. The van der Waals surface area contributed by atoms with Crippen LogP contribution in [0.25, 0.3) is 0 Å². The molecule has 7 aliphatic rings. The van der Waals surface area contributed by atoms with Crippen LogP contribution in [0.15, 0.2) is 0 Å². The van der Waals surface area contributed by atoms with Gasteiger partial charge in [-0.2, -0.15) is 0 Å². The van der Waals surface area contributed by atoms with E-state index < -0.39 is 36.5 Å². The number of piperazine rings is 3. The fourth-order valence-corrected chi connectivity index (χ4v) is 12.1. The Hall–Kier alpha value is -3.14. The molecule has 82 heavy (non-hydrogen) atoms. The van der Waals surface area contributed by atoms with Crippen molar-refractivity contribution in [1.29, 1.82) is 0 Å². The Labute approximate surface area is 497 Å². The number of hydrogen-bond donors (Lipinski definition) is 4. The number of hydrogen-bond acceptors (Lipinski definition) is 13. The van der Waals surface area contributed by atoms with Crippen LogP contribution in [0.4, 0.5) is 0 Å². The summed E-state index contributed by atoms with van der Waals surface area (Å²) in [4.78, 5) is 79.6. The number of carboxylic acids is 1. The van der Waals surface area contributed by atoms with Crippen molar-refractivity contribution < 1.29 is 62.9 Å². The van der Waals surface area contributed by atoms with Crippen molar-refractivity contribution >= 4 is 35.3 Å². The van der Waals surface area contributed by atoms with E-state index in [1.54, 1.807) is 34.6 Å². The van der Waals surface area contributed by atoms with Gasteiger partial charge in [-0.05, 0) is 98.3 Å². The summed E-state index contributed by atoms with van der Waals surface area (Å²) >= 11 is 0. The smallest absolute Gasteiger partial charge is 0.335 e. The minimum atomic E-state index is -1.59. The van der Waals surface area contributed by atoms with Crippen LogP contribution < -0.4 is 0 Å². The number of carbonyl (C=O) groups excluding carboxylic acids is 5. The first-order chi connectivity index (χ1) is 38.8. The van der Waals surface area contributed by atoms with Gasteiger partial charge < -0.3 is 53.7 Å². The molecule has 0 aromatic rings. The summed E-state index contributed by atoms with van der Waals surface area (Å²) < 4.78 is 7.13. The zero-order chi connectivity index (χ0) is 61.4. The number of Topliss-reactive ketones (excluding diaryl/α,β-unsaturated/α-hetero) is 2. The van der Waals surface area contributed by atoms with Gasteiger partial charge in [-0.3, -0.25) is 33.8 Å². The summed E-state index contributed by atoms with van der Waals surface area (Å²) in [6, 6.07) is 0.813. The van der Waals surface area contributed by atoms with Crippen molar-refractivity contribution in [3.8, 4) is 0 Å². The van der Waals surface area contributed by atoms with Crippen molar-refractivity contribution in [3.05, 3.63) is 0 Å². The molecule has 0 bridgehead atoms. The van der Waals surface area contributed by atoms with Crippen LogP contribution in [-0.2, 0) is 33.5 Å². The second-order valence-electron chi connectivity index (χ2n) is 25.4. The molecular weight excluding hydrogens is 1040 g/mol. The van der Waals surface area contributed by atoms with Gasteiger partial charge in [0.15, 0.2) is 6.10 Å². The number of unbranched alkanes of at least 4 members (excludes halogenated alkanes) is 4. The Balaban J connectivity index is 0.000000336. The highest BCUT2D eigenvalue weighted by molar-refractivity contribution is 5.78. The molecule has 0 spiro atoms. The largest absolute Gasteiger partial charge is 0.479 e. The van der Waals surface area contributed by atoms with Gasteiger partial charge in [-0.1, -0.05) is 72.6 Å². The summed E-state index contributed by atoms with van der Waals surface area (Å²) in [6.45, 7) is 40.6. The number of likely N-dealkylation sites (N-methyl/N-ethyl adjacent to an activating group) is 1. The van der Waals surface area contributed by atoms with E-state index in [4.69, 9.17) is 9.84 Å². The van der Waals surface area contributed by atoms with E-state index in [0.29, 0.717) is 23.4 Å². The number of amides is 3. The quantitative estimate of drug-likeness (QED) is 0.135. The van der Waals surface area contributed by atoms with Crippen LogP contribution in [0.3, 0.4) is 0 Å². The summed E-state index contributed by atoms with van der Waals surface area (Å²) in [5, 5.41) is 36.1. The standard InChI is InChI=1S/C12H22N2O.C12H24NO.C11H23N2O.C11H21NO.C10H20N2O.C7H12O6/c1-11(15)13-7-9-14(10-8-13)12-5-3-2-4-6-12;2*1-4-5-8-13(3)9-6-12(7-10-13)11(2)14;1-3-4-7-12-8-5-11(6-9-12)10(2)13;1-3-4-5-11-6-8-12(9-7-11)10(2)13;1-2-3(8)4(9)5(10)6(13-2)7(11)12/h12H,2-10H2,1H3;12H,4-10H2,1-3H3;4-10H2,1-3H3;11H,3-9H2,1-2H3;3-9H2,1-2H3;2-6,8-10H,1H3,(H,11,12)/q;2*+1;;;. The van der Waals surface area contributed by atoms with E-state index in [0.717, 1.165) is 128 Å². The molecule has 478 valence electrons. The molecule has 1 aliphatic carbocycles. The van der Waals surface area contributed by atoms with E-state index >= 15 is 0 Å². The number of carboxylic acid groups (broad SMARTS) is 1. The Morgan fingerprint density at radius 1 is 0.463 bits per heavy atom. The molecule has 7 rings (SSSR count). The number of carbonyl (C=O) groups is 6. The molecular formula is C63H122N8O11+2. The number of ketones is 2. The van der Waals surface area contributed by atoms with E-state index in [-0.39, 0.29) is 17.7 Å². The lowest BCUT2D eigenvalue weighted by Gasteiger charge is -2.41. The third kappa shape index (κ3) is 28.4. The number of aliphatic carboxylic acids is 1. The molecule has 0 radical (unpaired) electrons. The lowest BCUT2D eigenvalue weighted by Crippen LogP contribution is -2.58. The molecule has 0 aromatic heterocycles. The molecule has 4 N–H and O–H groups in total. The number of likely N-dealkylation sites (tertiary alicyclic amines) is 2. The average Bonchev–Trinajstić information content (AvgIpc) is 3.47. The number of piperidine rings is 2. The minimum Gasteiger partial charge on any atom is -0.479 e. The molecule has 3 amide bonds. The van der Waals surface area contributed by atoms with Gasteiger partial charge in [0.05, 0.1) is 72.6 Å². The van der Waals surface area contributed by atoms with E-state index in [1.807, 2.05) is 14.7 Å². The molecule has 0 aromatic carbocycles. The first-order valence-corrected chi connectivity index (χ1v) is 32.4. The van der Waals surface area contributed by atoms with E-state index in [2.05, 4.69) is 56.5 Å². The van der Waals surface area contributed by atoms with Crippen molar-refractivity contribution in [2.24, 2.45) is 11.8 Å². The Morgan fingerprint density at radius 2 is 0.854 bits per heavy atom. The maximum absolute atomic E-state index is 11.2. The highest BCUT2D eigenvalue weighted by Crippen LogP contribution is 2.25. The maximum Gasteiger partial charge on any atom is 0.335 e. The monoisotopic (exact) mass is 1170 g/mol. The van der Waals surface area contributed by atoms with Crippen molar-refractivity contribution in [2.45, 2.75) is 215 Å². The normalized spacial score (nSPS) is 27.4. The average molecular weight is 1170 g/mol. The number of aliphatic hydroxyl groups excluding tert-OH is 3. The van der Waals surface area contributed by atoms with Crippen LogP contribution >= 0.6 is 0 Å². The van der Waals surface area contributed by atoms with Gasteiger partial charge >= 0.3 is 5.97 Å². The summed E-state index contributed by atoms with van der Waals surface area (Å²) in [7, 11) is 4.65. The molecule has 7 fully saturated rings. The fourth-order valence-electron chi connectivity index (χ4n) is 12.1. The van der Waals surface area contributed by atoms with Gasteiger partial charge in [-0.25, -0.2) is 4.79 Å². The van der Waals surface area contributed by atoms with Crippen LogP contribution in [0.5, 0.6) is 0 Å². The SMILES string of the molecule is CC(=O)N1CCN(C2CCCCC2)CC1.CC1OC(C(=O)O)C(O)C(O)C1O.CCCCN1CCC(C(C)=O)CC1.CCCCN1CCN(C(C)=O)CC1.CCCC[N+]1(C)CCC(C(C)=O)CC1.CCCC[N+]1(C)CCN(C(C)=O)CC1. The summed E-state index contributed by atoms with van der Waals surface area (Å²) in [6.07, 6.45) is 15.0. The third-order valence-corrected chi connectivity index (χ3v) is 18.6. The van der Waals surface area contributed by atoms with Crippen molar-refractivity contribution in [3.63, 3.8) is 0 Å². The number of rotatable bonds is 16. The zero-order valence-electron chi connectivity index (χ0n) is 54.0. The second-order valence-corrected chi connectivity index (χ2v) is 25.4. The maximum atomic E-state index is 11.2. The second kappa shape index (κ2) is 40.3. The zero-order valence-corrected chi connectivity index (χ0v) is 54.0. The van der Waals surface area contributed by atoms with E-state index in [9.17, 15) is 44.1 Å². The molecule has 5 unspecified atom stereocenters. The predicted octanol–water partition coefficient (Wildman–Crippen LogP) is 5.79. The van der Waals surface area contributed by atoms with Crippen LogP contribution in [-0.4, -0.2) is 276 Å². The summed E-state index contributed by atoms with van der Waals surface area (Å²) in [5.41, 5.74) is 0. The Kier molecular flexibility index (Phi) is 36.8. The first-order valence-electron chi connectivity index (χ1n) is 32.4. The van der Waals surface area contributed by atoms with E-state index in [1.165, 1.54) is 134 Å². The molecule has 19 nitrogen and oxygen atoms in total. The molecule has 6 aliphatic heterocycles. The Bertz CT molecular complexity index is 1720. The van der Waals surface area contributed by atoms with Gasteiger partial charge in [0.1, 0.15) is 29.9 Å². The molecule has 19 heteroatoms. The van der Waals surface area contributed by atoms with Gasteiger partial charge in [0.2, 0.25) is 17.7 Å². The van der Waals surface area contributed by atoms with Gasteiger partial charge in [-0.15, -0.1) is 0 Å². The molecule has 5 atom stereocenters. The molecule has 1 saturated carbocycles. The van der Waals surface area contributed by atoms with Crippen molar-refractivity contribution in [2.75, 3.05) is 145 Å². The fraction of sp³-hybridized carbons (Fsp3) is 0.905. The number of quaternary nitrogens is 2. The topological polar surface area (TPSA) is 212 Å². The molecule has 6 saturated heterocycles. The minimum absolute atomic E-state index is 0.218.